The fraction of sp³-hybridized carbons (Fsp3) is 0.333. The van der Waals surface area contributed by atoms with Gasteiger partial charge in [-0.25, -0.2) is 18.7 Å². The highest BCUT2D eigenvalue weighted by Crippen LogP contribution is 2.27. The minimum absolute atomic E-state index is 0.345. The van der Waals surface area contributed by atoms with Gasteiger partial charge in [-0.05, 0) is 25.0 Å². The molecule has 3 rings (SSSR count). The summed E-state index contributed by atoms with van der Waals surface area (Å²) in [5.74, 6) is 0.499. The Morgan fingerprint density at radius 2 is 1.76 bits per heavy atom. The van der Waals surface area contributed by atoms with Gasteiger partial charge in [0.25, 0.3) is 6.43 Å². The van der Waals surface area contributed by atoms with Crippen LogP contribution < -0.4 is 9.64 Å². The molecule has 1 aromatic carbocycles. The van der Waals surface area contributed by atoms with Crippen LogP contribution in [0.3, 0.4) is 0 Å². The van der Waals surface area contributed by atoms with E-state index >= 15 is 0 Å². The van der Waals surface area contributed by atoms with Gasteiger partial charge in [-0.1, -0.05) is 6.07 Å². The quantitative estimate of drug-likeness (QED) is 0.858. The Kier molecular flexibility index (Phi) is 3.94. The van der Waals surface area contributed by atoms with E-state index in [0.717, 1.165) is 18.8 Å². The average Bonchev–Trinajstić information content (AvgIpc) is 3.02. The lowest BCUT2D eigenvalue weighted by Gasteiger charge is -2.18. The van der Waals surface area contributed by atoms with E-state index in [1.165, 1.54) is 25.2 Å². The zero-order valence-corrected chi connectivity index (χ0v) is 11.4. The lowest BCUT2D eigenvalue weighted by Crippen LogP contribution is -2.17. The number of aromatic nitrogens is 2. The van der Waals surface area contributed by atoms with Crippen molar-refractivity contribution in [3.8, 4) is 11.5 Å². The number of nitrogens with zero attached hydrogens (tertiary/aromatic N) is 3. The monoisotopic (exact) mass is 291 g/mol. The summed E-state index contributed by atoms with van der Waals surface area (Å²) >= 11 is 0. The van der Waals surface area contributed by atoms with Gasteiger partial charge >= 0.3 is 0 Å². The largest absolute Gasteiger partial charge is 0.454 e. The molecule has 4 nitrogen and oxygen atoms in total. The van der Waals surface area contributed by atoms with Crippen LogP contribution in [0.4, 0.5) is 14.5 Å². The number of benzene rings is 1. The van der Waals surface area contributed by atoms with Crippen LogP contribution in [0.1, 0.15) is 25.1 Å². The molecular weight excluding hydrogens is 276 g/mol. The van der Waals surface area contributed by atoms with Crippen LogP contribution in [-0.4, -0.2) is 23.1 Å². The molecule has 0 N–H and O–H groups in total. The number of hydrogen-bond acceptors (Lipinski definition) is 4. The van der Waals surface area contributed by atoms with Gasteiger partial charge in [0.1, 0.15) is 5.75 Å². The van der Waals surface area contributed by atoms with Crippen LogP contribution in [0.25, 0.3) is 0 Å². The molecule has 0 atom stereocenters. The summed E-state index contributed by atoms with van der Waals surface area (Å²) in [5.41, 5.74) is 1.11. The first-order valence-corrected chi connectivity index (χ1v) is 6.85. The molecule has 1 aromatic heterocycles. The summed E-state index contributed by atoms with van der Waals surface area (Å²) in [4.78, 5) is 9.45. The van der Waals surface area contributed by atoms with Gasteiger partial charge in [-0.15, -0.1) is 0 Å². The second-order valence-electron chi connectivity index (χ2n) is 4.87. The molecule has 1 fully saturated rings. The number of anilines is 1. The number of hydrogen-bond donors (Lipinski definition) is 0. The van der Waals surface area contributed by atoms with Crippen molar-refractivity contribution in [2.45, 2.75) is 19.3 Å². The van der Waals surface area contributed by atoms with Crippen molar-refractivity contribution in [2.24, 2.45) is 0 Å². The van der Waals surface area contributed by atoms with Crippen molar-refractivity contribution in [3.63, 3.8) is 0 Å². The smallest absolute Gasteiger partial charge is 0.297 e. The summed E-state index contributed by atoms with van der Waals surface area (Å²) in [6.07, 6.45) is 2.26. The highest BCUT2D eigenvalue weighted by molar-refractivity contribution is 5.51. The lowest BCUT2D eigenvalue weighted by atomic mass is 10.3. The van der Waals surface area contributed by atoms with E-state index in [4.69, 9.17) is 4.74 Å². The van der Waals surface area contributed by atoms with E-state index in [9.17, 15) is 8.78 Å². The highest BCUT2D eigenvalue weighted by atomic mass is 19.3. The molecule has 6 heteroatoms. The molecule has 0 amide bonds. The van der Waals surface area contributed by atoms with Gasteiger partial charge in [0.15, 0.2) is 11.6 Å². The Hall–Kier alpha value is -2.24. The van der Waals surface area contributed by atoms with Crippen molar-refractivity contribution in [1.82, 2.24) is 9.97 Å². The fourth-order valence-corrected chi connectivity index (χ4v) is 2.35. The van der Waals surface area contributed by atoms with Crippen LogP contribution in [-0.2, 0) is 0 Å². The molecule has 1 aliphatic rings. The summed E-state index contributed by atoms with van der Waals surface area (Å²) in [5, 5.41) is 0. The Morgan fingerprint density at radius 1 is 1.05 bits per heavy atom. The third-order valence-corrected chi connectivity index (χ3v) is 3.37. The van der Waals surface area contributed by atoms with Gasteiger partial charge in [0.05, 0.1) is 12.4 Å². The first-order valence-electron chi connectivity index (χ1n) is 6.85. The fourth-order valence-electron chi connectivity index (χ4n) is 2.35. The third kappa shape index (κ3) is 3.26. The number of halogens is 2. The maximum atomic E-state index is 12.4. The van der Waals surface area contributed by atoms with Gasteiger partial charge in [-0.2, -0.15) is 0 Å². The topological polar surface area (TPSA) is 38.2 Å². The highest BCUT2D eigenvalue weighted by Gasteiger charge is 2.13. The Balaban J connectivity index is 1.73. The molecule has 0 radical (unpaired) electrons. The molecular formula is C15H15F2N3O. The normalized spacial score (nSPS) is 14.7. The van der Waals surface area contributed by atoms with Crippen LogP contribution in [0.2, 0.25) is 0 Å². The second-order valence-corrected chi connectivity index (χ2v) is 4.87. The zero-order valence-electron chi connectivity index (χ0n) is 11.4. The van der Waals surface area contributed by atoms with E-state index in [1.807, 2.05) is 24.3 Å². The molecule has 1 saturated heterocycles. The van der Waals surface area contributed by atoms with Gasteiger partial charge < -0.3 is 9.64 Å². The van der Waals surface area contributed by atoms with Crippen LogP contribution >= 0.6 is 0 Å². The summed E-state index contributed by atoms with van der Waals surface area (Å²) in [6.45, 7) is 2.10. The van der Waals surface area contributed by atoms with Crippen LogP contribution in [0, 0.1) is 0 Å². The van der Waals surface area contributed by atoms with Crippen molar-refractivity contribution < 1.29 is 13.5 Å². The Morgan fingerprint density at radius 3 is 2.43 bits per heavy atom. The minimum Gasteiger partial charge on any atom is -0.454 e. The number of rotatable bonds is 4. The Bertz CT molecular complexity index is 598. The number of ether oxygens (including phenoxy) is 1. The van der Waals surface area contributed by atoms with Gasteiger partial charge in [-0.3, -0.25) is 0 Å². The number of alkyl halides is 2. The van der Waals surface area contributed by atoms with Gasteiger partial charge in [0.2, 0.25) is 0 Å². The summed E-state index contributed by atoms with van der Waals surface area (Å²) in [7, 11) is 0. The second kappa shape index (κ2) is 6.03. The summed E-state index contributed by atoms with van der Waals surface area (Å²) < 4.78 is 30.4. The Labute approximate surface area is 121 Å². The van der Waals surface area contributed by atoms with Crippen molar-refractivity contribution in [2.75, 3.05) is 18.0 Å². The molecule has 2 heterocycles. The zero-order chi connectivity index (χ0) is 14.7. The minimum atomic E-state index is -2.67. The van der Waals surface area contributed by atoms with Crippen molar-refractivity contribution >= 4 is 5.69 Å². The predicted molar refractivity (Wildman–Crippen MR) is 75.0 cm³/mol. The van der Waals surface area contributed by atoms with Crippen molar-refractivity contribution in [1.29, 1.82) is 0 Å². The van der Waals surface area contributed by atoms with E-state index in [0.29, 0.717) is 11.5 Å². The van der Waals surface area contributed by atoms with E-state index in [1.54, 1.807) is 0 Å². The average molecular weight is 291 g/mol. The molecule has 1 aliphatic heterocycles. The standard InChI is InChI=1S/C15H15F2N3O/c16-14(17)15-18-9-13(10-19-15)21-12-5-3-4-11(8-12)20-6-1-2-7-20/h3-5,8-10,14H,1-2,6-7H2. The first-order chi connectivity index (χ1) is 10.2. The third-order valence-electron chi connectivity index (χ3n) is 3.37. The first kappa shape index (κ1) is 13.7. The molecule has 0 spiro atoms. The molecule has 0 aliphatic carbocycles. The molecule has 0 saturated carbocycles. The molecule has 2 aromatic rings. The maximum absolute atomic E-state index is 12.4. The van der Waals surface area contributed by atoms with Crippen LogP contribution in [0.5, 0.6) is 11.5 Å². The molecule has 0 unspecified atom stereocenters. The SMILES string of the molecule is FC(F)c1ncc(Oc2cccc(N3CCCC3)c2)cn1. The molecule has 0 bridgehead atoms. The van der Waals surface area contributed by atoms with Crippen LogP contribution in [0.15, 0.2) is 36.7 Å². The lowest BCUT2D eigenvalue weighted by molar-refractivity contribution is 0.140. The van der Waals surface area contributed by atoms with E-state index in [2.05, 4.69) is 14.9 Å². The van der Waals surface area contributed by atoms with E-state index < -0.39 is 12.2 Å². The molecule has 110 valence electrons. The van der Waals surface area contributed by atoms with Crippen molar-refractivity contribution in [3.05, 3.63) is 42.5 Å². The van der Waals surface area contributed by atoms with Gasteiger partial charge in [0, 0.05) is 24.8 Å². The summed E-state index contributed by atoms with van der Waals surface area (Å²) in [6, 6.07) is 7.71. The maximum Gasteiger partial charge on any atom is 0.297 e. The predicted octanol–water partition coefficient (Wildman–Crippen LogP) is 3.81. The molecule has 21 heavy (non-hydrogen) atoms. The van der Waals surface area contributed by atoms with E-state index in [-0.39, 0.29) is 0 Å².